The highest BCUT2D eigenvalue weighted by Gasteiger charge is 1.99. The summed E-state index contributed by atoms with van der Waals surface area (Å²) in [5.41, 5.74) is 7.05. The quantitative estimate of drug-likeness (QED) is 0.687. The first-order chi connectivity index (χ1) is 6.25. The van der Waals surface area contributed by atoms with Crippen LogP contribution in [-0.4, -0.2) is 19.7 Å². The lowest BCUT2D eigenvalue weighted by molar-refractivity contribution is 0.835. The topological polar surface area (TPSA) is 69.6 Å². The molecule has 2 heterocycles. The molecule has 0 unspecified atom stereocenters. The largest absolute Gasteiger partial charge is 0.396 e. The number of hydrogen-bond acceptors (Lipinski definition) is 4. The predicted molar refractivity (Wildman–Crippen MR) is 48.3 cm³/mol. The van der Waals surface area contributed by atoms with Crippen LogP contribution >= 0.6 is 0 Å². The summed E-state index contributed by atoms with van der Waals surface area (Å²) in [5.74, 6) is 0.726. The zero-order chi connectivity index (χ0) is 9.26. The van der Waals surface area contributed by atoms with Gasteiger partial charge >= 0.3 is 0 Å². The molecular formula is C8H9N5. The molecule has 0 saturated heterocycles. The smallest absolute Gasteiger partial charge is 0.156 e. The van der Waals surface area contributed by atoms with Gasteiger partial charge in [0, 0.05) is 11.8 Å². The fourth-order valence-electron chi connectivity index (χ4n) is 1.03. The third-order valence-electron chi connectivity index (χ3n) is 1.63. The summed E-state index contributed by atoms with van der Waals surface area (Å²) in [7, 11) is 0. The van der Waals surface area contributed by atoms with Crippen LogP contribution < -0.4 is 5.73 Å². The third-order valence-corrected chi connectivity index (χ3v) is 1.63. The second-order valence-electron chi connectivity index (χ2n) is 2.74. The zero-order valence-corrected chi connectivity index (χ0v) is 7.18. The number of aryl methyl sites for hydroxylation is 1. The Balaban J connectivity index is 2.46. The van der Waals surface area contributed by atoms with E-state index in [1.54, 1.807) is 17.1 Å². The lowest BCUT2D eigenvalue weighted by Crippen LogP contribution is -1.98. The second-order valence-corrected chi connectivity index (χ2v) is 2.74. The van der Waals surface area contributed by atoms with Gasteiger partial charge in [-0.3, -0.25) is 0 Å². The van der Waals surface area contributed by atoms with Gasteiger partial charge in [0.2, 0.25) is 0 Å². The summed E-state index contributed by atoms with van der Waals surface area (Å²) in [6.45, 7) is 1.90. The van der Waals surface area contributed by atoms with Gasteiger partial charge in [0.25, 0.3) is 0 Å². The van der Waals surface area contributed by atoms with E-state index in [0.717, 1.165) is 11.5 Å². The molecule has 0 aliphatic carbocycles. The molecule has 2 N–H and O–H groups in total. The van der Waals surface area contributed by atoms with Crippen molar-refractivity contribution in [3.63, 3.8) is 0 Å². The van der Waals surface area contributed by atoms with E-state index in [1.807, 2.05) is 13.0 Å². The Morgan fingerprint density at radius 1 is 1.38 bits per heavy atom. The van der Waals surface area contributed by atoms with E-state index in [9.17, 15) is 0 Å². The normalized spacial score (nSPS) is 10.2. The highest BCUT2D eigenvalue weighted by molar-refractivity contribution is 5.34. The maximum atomic E-state index is 5.53. The Labute approximate surface area is 75.2 Å². The highest BCUT2D eigenvalue weighted by atomic mass is 15.3. The summed E-state index contributed by atoms with van der Waals surface area (Å²) in [4.78, 5) is 8.05. The van der Waals surface area contributed by atoms with Crippen LogP contribution in [0.15, 0.2) is 24.8 Å². The van der Waals surface area contributed by atoms with Crippen molar-refractivity contribution in [3.8, 4) is 5.82 Å². The molecule has 2 aromatic heterocycles. The number of hydrogen-bond donors (Lipinski definition) is 1. The van der Waals surface area contributed by atoms with E-state index in [1.165, 1.54) is 6.33 Å². The maximum Gasteiger partial charge on any atom is 0.156 e. The predicted octanol–water partition coefficient (Wildman–Crippen LogP) is 0.553. The molecule has 5 nitrogen and oxygen atoms in total. The highest BCUT2D eigenvalue weighted by Crippen LogP contribution is 2.05. The number of rotatable bonds is 1. The summed E-state index contributed by atoms with van der Waals surface area (Å²) in [6.07, 6.45) is 4.79. The molecule has 0 fully saturated rings. The molecule has 0 radical (unpaired) electrons. The van der Waals surface area contributed by atoms with E-state index < -0.39 is 0 Å². The Kier molecular flexibility index (Phi) is 1.70. The number of aromatic nitrogens is 4. The molecule has 0 amide bonds. The van der Waals surface area contributed by atoms with Gasteiger partial charge in [0.1, 0.15) is 6.33 Å². The minimum Gasteiger partial charge on any atom is -0.396 e. The Morgan fingerprint density at radius 2 is 2.23 bits per heavy atom. The van der Waals surface area contributed by atoms with E-state index in [2.05, 4.69) is 15.1 Å². The average molecular weight is 175 g/mol. The van der Waals surface area contributed by atoms with Gasteiger partial charge in [0.15, 0.2) is 5.82 Å². The first kappa shape index (κ1) is 7.72. The number of nitrogens with zero attached hydrogens (tertiary/aromatic N) is 4. The Bertz CT molecular complexity index is 420. The fourth-order valence-corrected chi connectivity index (χ4v) is 1.03. The molecule has 2 aromatic rings. The van der Waals surface area contributed by atoms with E-state index >= 15 is 0 Å². The van der Waals surface area contributed by atoms with Crippen LogP contribution in [0.4, 0.5) is 5.69 Å². The summed E-state index contributed by atoms with van der Waals surface area (Å²) >= 11 is 0. The molecule has 0 spiro atoms. The Hall–Kier alpha value is -1.91. The van der Waals surface area contributed by atoms with E-state index in [4.69, 9.17) is 5.73 Å². The van der Waals surface area contributed by atoms with Crippen LogP contribution in [0.2, 0.25) is 0 Å². The molecule has 0 atom stereocenters. The number of anilines is 1. The van der Waals surface area contributed by atoms with Gasteiger partial charge in [0.05, 0.1) is 18.1 Å². The van der Waals surface area contributed by atoms with Gasteiger partial charge in [-0.25, -0.2) is 14.6 Å². The fraction of sp³-hybridized carbons (Fsp3) is 0.125. The lowest BCUT2D eigenvalue weighted by atomic mass is 10.4. The standard InChI is InChI=1S/C8H9N5/c1-6-2-8(11-5-10-6)13-4-7(9)3-12-13/h2-5H,9H2,1H3. The van der Waals surface area contributed by atoms with Crippen LogP contribution in [0.5, 0.6) is 0 Å². The van der Waals surface area contributed by atoms with Crippen molar-refractivity contribution in [2.24, 2.45) is 0 Å². The molecule has 0 aliphatic rings. The Morgan fingerprint density at radius 3 is 2.85 bits per heavy atom. The summed E-state index contributed by atoms with van der Waals surface area (Å²) in [6, 6.07) is 1.84. The van der Waals surface area contributed by atoms with E-state index in [-0.39, 0.29) is 0 Å². The van der Waals surface area contributed by atoms with Gasteiger partial charge in [-0.2, -0.15) is 5.10 Å². The number of nitrogen functional groups attached to an aromatic ring is 1. The molecule has 0 saturated carbocycles. The minimum atomic E-state index is 0.622. The molecule has 0 bridgehead atoms. The van der Waals surface area contributed by atoms with Crippen LogP contribution in [0.3, 0.4) is 0 Å². The zero-order valence-electron chi connectivity index (χ0n) is 7.18. The van der Waals surface area contributed by atoms with Crippen LogP contribution in [-0.2, 0) is 0 Å². The monoisotopic (exact) mass is 175 g/mol. The van der Waals surface area contributed by atoms with Crippen LogP contribution in [0, 0.1) is 6.92 Å². The first-order valence-electron chi connectivity index (χ1n) is 3.85. The van der Waals surface area contributed by atoms with Gasteiger partial charge in [-0.15, -0.1) is 0 Å². The number of nitrogens with two attached hydrogens (primary N) is 1. The van der Waals surface area contributed by atoms with Crippen LogP contribution in [0.25, 0.3) is 5.82 Å². The molecule has 66 valence electrons. The van der Waals surface area contributed by atoms with Gasteiger partial charge in [-0.05, 0) is 6.92 Å². The summed E-state index contributed by atoms with van der Waals surface area (Å²) in [5, 5.41) is 4.03. The molecule has 2 rings (SSSR count). The molecular weight excluding hydrogens is 166 g/mol. The first-order valence-corrected chi connectivity index (χ1v) is 3.85. The van der Waals surface area contributed by atoms with E-state index in [0.29, 0.717) is 5.69 Å². The average Bonchev–Trinajstić information content (AvgIpc) is 2.52. The molecule has 5 heteroatoms. The van der Waals surface area contributed by atoms with Gasteiger partial charge in [-0.1, -0.05) is 0 Å². The van der Waals surface area contributed by atoms with Crippen molar-refractivity contribution >= 4 is 5.69 Å². The van der Waals surface area contributed by atoms with Crippen molar-refractivity contribution in [1.29, 1.82) is 0 Å². The summed E-state index contributed by atoms with van der Waals surface area (Å²) < 4.78 is 1.62. The van der Waals surface area contributed by atoms with Crippen molar-refractivity contribution in [1.82, 2.24) is 19.7 Å². The third kappa shape index (κ3) is 1.48. The SMILES string of the molecule is Cc1cc(-n2cc(N)cn2)ncn1. The van der Waals surface area contributed by atoms with Gasteiger partial charge < -0.3 is 5.73 Å². The molecule has 0 aliphatic heterocycles. The lowest BCUT2D eigenvalue weighted by Gasteiger charge is -1.98. The van der Waals surface area contributed by atoms with Crippen molar-refractivity contribution in [3.05, 3.63) is 30.5 Å². The minimum absolute atomic E-state index is 0.622. The van der Waals surface area contributed by atoms with Crippen molar-refractivity contribution in [2.45, 2.75) is 6.92 Å². The van der Waals surface area contributed by atoms with Crippen molar-refractivity contribution < 1.29 is 0 Å². The van der Waals surface area contributed by atoms with Crippen LogP contribution in [0.1, 0.15) is 5.69 Å². The maximum absolute atomic E-state index is 5.53. The van der Waals surface area contributed by atoms with Crippen molar-refractivity contribution in [2.75, 3.05) is 5.73 Å². The molecule has 0 aromatic carbocycles. The second kappa shape index (κ2) is 2.85. The molecule has 13 heavy (non-hydrogen) atoms.